The van der Waals surface area contributed by atoms with Gasteiger partial charge in [0.15, 0.2) is 11.5 Å². The van der Waals surface area contributed by atoms with Gasteiger partial charge in [-0.25, -0.2) is 5.43 Å². The normalized spacial score (nSPS) is 15.2. The van der Waals surface area contributed by atoms with Crippen LogP contribution in [0.25, 0.3) is 0 Å². The minimum absolute atomic E-state index is 0.0636. The molecule has 0 bridgehead atoms. The van der Waals surface area contributed by atoms with Crippen LogP contribution in [0.5, 0.6) is 17.2 Å². The Morgan fingerprint density at radius 1 is 1.21 bits per heavy atom. The number of hydrogen-bond acceptors (Lipinski definition) is 9. The number of benzene rings is 2. The van der Waals surface area contributed by atoms with Gasteiger partial charge in [-0.1, -0.05) is 12.1 Å². The summed E-state index contributed by atoms with van der Waals surface area (Å²) in [4.78, 5) is 32.1. The Balaban J connectivity index is 1.73. The first kappa shape index (κ1) is 18.6. The molecule has 1 aliphatic rings. The Morgan fingerprint density at radius 2 is 1.93 bits per heavy atom. The lowest BCUT2D eigenvalue weighted by molar-refractivity contribution is -0.394. The Kier molecular flexibility index (Phi) is 5.02. The number of non-ortho nitro benzene ring substituents is 1. The molecular formula is C16H12N4O8. The molecule has 0 saturated heterocycles. The van der Waals surface area contributed by atoms with Crippen LogP contribution in [-0.2, 0) is 4.79 Å². The molecule has 12 nitrogen and oxygen atoms in total. The van der Waals surface area contributed by atoms with Gasteiger partial charge in [-0.2, -0.15) is 5.10 Å². The van der Waals surface area contributed by atoms with Crippen molar-refractivity contribution in [2.45, 2.75) is 6.10 Å². The Labute approximate surface area is 156 Å². The predicted octanol–water partition coefficient (Wildman–Crippen LogP) is 1.50. The number of hydrazone groups is 1. The third-order valence-electron chi connectivity index (χ3n) is 3.69. The standard InChI is InChI=1S/C16H12N4O8/c21-15-9(5-10(19(23)24)6-11(15)20(25)26)7-17-18-16(22)14-8-27-12-3-1-2-4-13(12)28-14/h1-7,14,21H,8H2,(H,18,22)/b17-7-/t14-/m0/s1. The summed E-state index contributed by atoms with van der Waals surface area (Å²) in [7, 11) is 0. The number of phenols is 1. The number of ether oxygens (including phenoxy) is 2. The quantitative estimate of drug-likeness (QED) is 0.441. The van der Waals surface area contributed by atoms with Crippen LogP contribution < -0.4 is 14.9 Å². The number of nitrogens with one attached hydrogen (secondary N) is 1. The molecule has 144 valence electrons. The van der Waals surface area contributed by atoms with Gasteiger partial charge in [-0.3, -0.25) is 25.0 Å². The zero-order valence-corrected chi connectivity index (χ0v) is 14.0. The molecule has 0 aliphatic carbocycles. The van der Waals surface area contributed by atoms with Crippen molar-refractivity contribution in [1.29, 1.82) is 0 Å². The van der Waals surface area contributed by atoms with Crippen molar-refractivity contribution in [3.05, 3.63) is 62.2 Å². The number of rotatable bonds is 5. The number of phenolic OH excluding ortho intramolecular Hbond substituents is 1. The lowest BCUT2D eigenvalue weighted by Gasteiger charge is -2.24. The van der Waals surface area contributed by atoms with E-state index in [1.165, 1.54) is 0 Å². The Hall–Kier alpha value is -4.22. The summed E-state index contributed by atoms with van der Waals surface area (Å²) in [5, 5.41) is 35.2. The fourth-order valence-corrected chi connectivity index (χ4v) is 2.35. The first-order chi connectivity index (χ1) is 13.4. The molecule has 0 saturated carbocycles. The summed E-state index contributed by atoms with van der Waals surface area (Å²) < 4.78 is 10.9. The van der Waals surface area contributed by atoms with Gasteiger partial charge in [0.05, 0.1) is 27.7 Å². The topological polar surface area (TPSA) is 166 Å². The molecule has 0 aromatic heterocycles. The number of carbonyl (C=O) groups is 1. The van der Waals surface area contributed by atoms with E-state index in [0.29, 0.717) is 17.6 Å². The highest BCUT2D eigenvalue weighted by Gasteiger charge is 2.27. The van der Waals surface area contributed by atoms with E-state index < -0.39 is 39.0 Å². The van der Waals surface area contributed by atoms with Crippen molar-refractivity contribution < 1.29 is 29.2 Å². The molecule has 1 aliphatic heterocycles. The summed E-state index contributed by atoms with van der Waals surface area (Å²) in [6, 6.07) is 8.26. The van der Waals surface area contributed by atoms with Crippen LogP contribution in [0, 0.1) is 20.2 Å². The monoisotopic (exact) mass is 388 g/mol. The van der Waals surface area contributed by atoms with E-state index in [-0.39, 0.29) is 12.2 Å². The van der Waals surface area contributed by atoms with E-state index >= 15 is 0 Å². The molecule has 1 amide bonds. The minimum Gasteiger partial charge on any atom is -0.502 e. The van der Waals surface area contributed by atoms with E-state index in [2.05, 4.69) is 10.5 Å². The van der Waals surface area contributed by atoms with Crippen molar-refractivity contribution in [3.8, 4) is 17.2 Å². The van der Waals surface area contributed by atoms with E-state index in [4.69, 9.17) is 9.47 Å². The molecule has 0 spiro atoms. The van der Waals surface area contributed by atoms with E-state index in [1.54, 1.807) is 24.3 Å². The summed E-state index contributed by atoms with van der Waals surface area (Å²) >= 11 is 0. The van der Waals surface area contributed by atoms with Crippen molar-refractivity contribution in [3.63, 3.8) is 0 Å². The van der Waals surface area contributed by atoms with Crippen LogP contribution in [-0.4, -0.2) is 39.8 Å². The summed E-state index contributed by atoms with van der Waals surface area (Å²) in [6.07, 6.45) is -0.148. The summed E-state index contributed by atoms with van der Waals surface area (Å²) in [5.41, 5.74) is 0.347. The van der Waals surface area contributed by atoms with Crippen LogP contribution in [0.4, 0.5) is 11.4 Å². The number of carbonyl (C=O) groups excluding carboxylic acids is 1. The second-order valence-corrected chi connectivity index (χ2v) is 5.52. The number of aromatic hydroxyl groups is 1. The maximum atomic E-state index is 12.1. The van der Waals surface area contributed by atoms with Crippen molar-refractivity contribution >= 4 is 23.5 Å². The molecule has 12 heteroatoms. The molecule has 1 heterocycles. The largest absolute Gasteiger partial charge is 0.502 e. The van der Waals surface area contributed by atoms with E-state index in [0.717, 1.165) is 12.3 Å². The van der Waals surface area contributed by atoms with Gasteiger partial charge in [-0.15, -0.1) is 0 Å². The Bertz CT molecular complexity index is 991. The summed E-state index contributed by atoms with van der Waals surface area (Å²) in [6.45, 7) is -0.0636. The molecule has 0 fully saturated rings. The van der Waals surface area contributed by atoms with Crippen LogP contribution in [0.3, 0.4) is 0 Å². The van der Waals surface area contributed by atoms with Crippen molar-refractivity contribution in [1.82, 2.24) is 5.43 Å². The molecule has 2 N–H and O–H groups in total. The maximum Gasteiger partial charge on any atom is 0.318 e. The average Bonchev–Trinajstić information content (AvgIpc) is 2.68. The van der Waals surface area contributed by atoms with Crippen molar-refractivity contribution in [2.24, 2.45) is 5.10 Å². The fraction of sp³-hybridized carbons (Fsp3) is 0.125. The van der Waals surface area contributed by atoms with Gasteiger partial charge in [-0.05, 0) is 12.1 Å². The highest BCUT2D eigenvalue weighted by Crippen LogP contribution is 2.33. The van der Waals surface area contributed by atoms with Crippen LogP contribution >= 0.6 is 0 Å². The maximum absolute atomic E-state index is 12.1. The van der Waals surface area contributed by atoms with Crippen molar-refractivity contribution in [2.75, 3.05) is 6.61 Å². The summed E-state index contributed by atoms with van der Waals surface area (Å²) in [5.74, 6) is -0.626. The molecule has 0 radical (unpaired) electrons. The van der Waals surface area contributed by atoms with Gasteiger partial charge in [0.25, 0.3) is 11.6 Å². The van der Waals surface area contributed by atoms with Crippen LogP contribution in [0.2, 0.25) is 0 Å². The van der Waals surface area contributed by atoms with Crippen LogP contribution in [0.15, 0.2) is 41.5 Å². The number of nitro groups is 2. The van der Waals surface area contributed by atoms with Gasteiger partial charge in [0, 0.05) is 6.07 Å². The number of nitrogens with zero attached hydrogens (tertiary/aromatic N) is 3. The number of nitro benzene ring substituents is 2. The third-order valence-corrected chi connectivity index (χ3v) is 3.69. The van der Waals surface area contributed by atoms with E-state index in [1.807, 2.05) is 0 Å². The zero-order valence-electron chi connectivity index (χ0n) is 14.0. The second kappa shape index (κ2) is 7.57. The third kappa shape index (κ3) is 3.80. The van der Waals surface area contributed by atoms with Crippen LogP contribution in [0.1, 0.15) is 5.56 Å². The average molecular weight is 388 g/mol. The lowest BCUT2D eigenvalue weighted by Crippen LogP contribution is -2.42. The molecule has 2 aromatic rings. The zero-order chi connectivity index (χ0) is 20.3. The van der Waals surface area contributed by atoms with Gasteiger partial charge < -0.3 is 14.6 Å². The number of para-hydroxylation sites is 2. The second-order valence-electron chi connectivity index (χ2n) is 5.52. The molecule has 2 aromatic carbocycles. The highest BCUT2D eigenvalue weighted by molar-refractivity contribution is 5.89. The van der Waals surface area contributed by atoms with Gasteiger partial charge in [0.2, 0.25) is 11.9 Å². The highest BCUT2D eigenvalue weighted by atomic mass is 16.6. The number of amides is 1. The Morgan fingerprint density at radius 3 is 2.61 bits per heavy atom. The first-order valence-corrected chi connectivity index (χ1v) is 7.74. The van der Waals surface area contributed by atoms with Gasteiger partial charge >= 0.3 is 5.69 Å². The molecule has 28 heavy (non-hydrogen) atoms. The van der Waals surface area contributed by atoms with E-state index in [9.17, 15) is 30.1 Å². The fourth-order valence-electron chi connectivity index (χ4n) is 2.35. The SMILES string of the molecule is O=C(N/N=C\c1cc([N+](=O)[O-])cc([N+](=O)[O-])c1O)[C@@H]1COc2ccccc2O1. The molecular weight excluding hydrogens is 376 g/mol. The lowest BCUT2D eigenvalue weighted by atomic mass is 10.1. The minimum atomic E-state index is -1.000. The smallest absolute Gasteiger partial charge is 0.318 e. The predicted molar refractivity (Wildman–Crippen MR) is 93.5 cm³/mol. The molecule has 1 atom stereocenters. The molecule has 0 unspecified atom stereocenters. The first-order valence-electron chi connectivity index (χ1n) is 7.74. The number of hydrogen-bond donors (Lipinski definition) is 2. The van der Waals surface area contributed by atoms with Gasteiger partial charge in [0.1, 0.15) is 6.61 Å². The molecule has 3 rings (SSSR count). The number of fused-ring (bicyclic) bond motifs is 1.